The van der Waals surface area contributed by atoms with Crippen LogP contribution in [0.4, 0.5) is 4.39 Å². The van der Waals surface area contributed by atoms with Crippen molar-refractivity contribution in [2.75, 3.05) is 6.61 Å². The van der Waals surface area contributed by atoms with E-state index in [9.17, 15) is 4.39 Å². The first kappa shape index (κ1) is 15.6. The van der Waals surface area contributed by atoms with Crippen molar-refractivity contribution in [1.29, 1.82) is 0 Å². The molecule has 110 valence electrons. The molecule has 1 aromatic carbocycles. The minimum absolute atomic E-state index is 0.00126. The minimum Gasteiger partial charge on any atom is -0.437 e. The summed E-state index contributed by atoms with van der Waals surface area (Å²) >= 11 is 1.45. The lowest BCUT2D eigenvalue weighted by atomic mass is 10.1. The lowest BCUT2D eigenvalue weighted by Gasteiger charge is -2.03. The van der Waals surface area contributed by atoms with Crippen LogP contribution in [0.25, 0.3) is 0 Å². The van der Waals surface area contributed by atoms with E-state index in [1.54, 1.807) is 6.07 Å². The number of hydrogen-bond acceptors (Lipinski definition) is 4. The van der Waals surface area contributed by atoms with E-state index in [0.717, 1.165) is 17.0 Å². The lowest BCUT2D eigenvalue weighted by Crippen LogP contribution is -1.90. The third-order valence-electron chi connectivity index (χ3n) is 2.89. The van der Waals surface area contributed by atoms with Crippen LogP contribution in [0.15, 0.2) is 27.8 Å². The van der Waals surface area contributed by atoms with Gasteiger partial charge in [-0.2, -0.15) is 0 Å². The molecule has 0 bridgehead atoms. The number of hydrogen-bond donors (Lipinski definition) is 1. The number of benzene rings is 1. The minimum atomic E-state index is -0.320. The van der Waals surface area contributed by atoms with Gasteiger partial charge >= 0.3 is 0 Å². The van der Waals surface area contributed by atoms with Crippen LogP contribution in [0.1, 0.15) is 29.0 Å². The molecule has 0 aliphatic rings. The molecule has 0 fully saturated rings. The molecule has 0 spiro atoms. The van der Waals surface area contributed by atoms with E-state index in [0.29, 0.717) is 23.0 Å². The van der Waals surface area contributed by atoms with Gasteiger partial charge < -0.3 is 9.52 Å². The second-order valence-corrected chi connectivity index (χ2v) is 5.41. The largest absolute Gasteiger partial charge is 0.437 e. The Morgan fingerprint density at radius 2 is 2.19 bits per heavy atom. The second-order valence-electron chi connectivity index (χ2n) is 4.49. The second kappa shape index (κ2) is 7.30. The number of aryl methyl sites for hydroxylation is 2. The van der Waals surface area contributed by atoms with Crippen molar-refractivity contribution in [3.8, 4) is 11.8 Å². The number of rotatable bonds is 4. The molecule has 3 nitrogen and oxygen atoms in total. The molecule has 21 heavy (non-hydrogen) atoms. The molecule has 0 aliphatic carbocycles. The van der Waals surface area contributed by atoms with Crippen LogP contribution in [-0.2, 0) is 5.75 Å². The van der Waals surface area contributed by atoms with Gasteiger partial charge in [-0.1, -0.05) is 29.7 Å². The van der Waals surface area contributed by atoms with Crippen LogP contribution in [0.3, 0.4) is 0 Å². The van der Waals surface area contributed by atoms with Gasteiger partial charge in [0, 0.05) is 17.7 Å². The van der Waals surface area contributed by atoms with Crippen molar-refractivity contribution in [3.63, 3.8) is 0 Å². The van der Waals surface area contributed by atoms with Gasteiger partial charge in [-0.15, -0.1) is 0 Å². The van der Waals surface area contributed by atoms with Gasteiger partial charge in [-0.05, 0) is 31.5 Å². The molecule has 5 heteroatoms. The topological polar surface area (TPSA) is 46.3 Å². The predicted octanol–water partition coefficient (Wildman–Crippen LogP) is 3.46. The molecule has 2 rings (SSSR count). The number of aliphatic hydroxyl groups excluding tert-OH is 1. The van der Waals surface area contributed by atoms with Gasteiger partial charge in [0.15, 0.2) is 0 Å². The Balaban J connectivity index is 2.14. The highest BCUT2D eigenvalue weighted by molar-refractivity contribution is 7.98. The summed E-state index contributed by atoms with van der Waals surface area (Å²) < 4.78 is 18.8. The van der Waals surface area contributed by atoms with Crippen molar-refractivity contribution in [1.82, 2.24) is 4.98 Å². The number of thioether (sulfide) groups is 1. The zero-order valence-electron chi connectivity index (χ0n) is 11.9. The Morgan fingerprint density at radius 3 is 2.86 bits per heavy atom. The molecule has 1 heterocycles. The quantitative estimate of drug-likeness (QED) is 0.694. The first-order valence-electron chi connectivity index (χ1n) is 6.55. The molecular formula is C16H16FNO2S. The zero-order chi connectivity index (χ0) is 15.2. The number of aromatic nitrogens is 1. The van der Waals surface area contributed by atoms with E-state index < -0.39 is 0 Å². The summed E-state index contributed by atoms with van der Waals surface area (Å²) in [5.41, 5.74) is 2.43. The van der Waals surface area contributed by atoms with E-state index in [2.05, 4.69) is 16.8 Å². The number of nitrogens with zero attached hydrogens (tertiary/aromatic N) is 1. The third kappa shape index (κ3) is 4.35. The van der Waals surface area contributed by atoms with Crippen LogP contribution in [0, 0.1) is 31.5 Å². The van der Waals surface area contributed by atoms with Gasteiger partial charge in [0.25, 0.3) is 5.22 Å². The fourth-order valence-electron chi connectivity index (χ4n) is 1.65. The average molecular weight is 305 g/mol. The van der Waals surface area contributed by atoms with Crippen LogP contribution in [0.2, 0.25) is 0 Å². The Kier molecular flexibility index (Phi) is 5.43. The summed E-state index contributed by atoms with van der Waals surface area (Å²) in [6.07, 6.45) is 0.376. The Morgan fingerprint density at radius 1 is 1.38 bits per heavy atom. The standard InChI is InChI=1S/C16H16FNO2S/c1-11-12(2)20-16(18-11)21-10-14-6-7-15(17)9-13(14)5-3-4-8-19/h6-7,9,19H,4,8,10H2,1-2H3. The summed E-state index contributed by atoms with van der Waals surface area (Å²) in [4.78, 5) is 4.30. The summed E-state index contributed by atoms with van der Waals surface area (Å²) in [6, 6.07) is 4.54. The molecule has 0 aliphatic heterocycles. The summed E-state index contributed by atoms with van der Waals surface area (Å²) in [6.45, 7) is 3.77. The van der Waals surface area contributed by atoms with Gasteiger partial charge in [0.2, 0.25) is 0 Å². The molecule has 1 aromatic heterocycles. The van der Waals surface area contributed by atoms with Crippen molar-refractivity contribution < 1.29 is 13.9 Å². The molecule has 0 saturated heterocycles. The van der Waals surface area contributed by atoms with Gasteiger partial charge in [0.05, 0.1) is 12.3 Å². The van der Waals surface area contributed by atoms with Crippen LogP contribution >= 0.6 is 11.8 Å². The highest BCUT2D eigenvalue weighted by atomic mass is 32.2. The van der Waals surface area contributed by atoms with E-state index in [-0.39, 0.29) is 12.4 Å². The van der Waals surface area contributed by atoms with Crippen molar-refractivity contribution in [3.05, 3.63) is 46.6 Å². The van der Waals surface area contributed by atoms with Crippen molar-refractivity contribution in [2.45, 2.75) is 31.2 Å². The third-order valence-corrected chi connectivity index (χ3v) is 3.77. The maximum absolute atomic E-state index is 13.3. The van der Waals surface area contributed by atoms with Crippen LogP contribution in [-0.4, -0.2) is 16.7 Å². The number of halogens is 1. The average Bonchev–Trinajstić information content (AvgIpc) is 2.77. The SMILES string of the molecule is Cc1nc(SCc2ccc(F)cc2C#CCCO)oc1C. The molecule has 0 amide bonds. The van der Waals surface area contributed by atoms with Crippen LogP contribution in [0.5, 0.6) is 0 Å². The fourth-order valence-corrected chi connectivity index (χ4v) is 2.57. The molecule has 0 unspecified atom stereocenters. The Labute approximate surface area is 127 Å². The predicted molar refractivity (Wildman–Crippen MR) is 80.5 cm³/mol. The Bertz CT molecular complexity index is 666. The van der Waals surface area contributed by atoms with E-state index in [1.165, 1.54) is 23.9 Å². The first-order valence-corrected chi connectivity index (χ1v) is 7.53. The van der Waals surface area contributed by atoms with E-state index in [4.69, 9.17) is 9.52 Å². The molecule has 0 saturated carbocycles. The van der Waals surface area contributed by atoms with Crippen molar-refractivity contribution in [2.24, 2.45) is 0 Å². The van der Waals surface area contributed by atoms with Crippen molar-refractivity contribution >= 4 is 11.8 Å². The highest BCUT2D eigenvalue weighted by Crippen LogP contribution is 2.25. The number of aliphatic hydroxyl groups is 1. The van der Waals surface area contributed by atoms with Gasteiger partial charge in [0.1, 0.15) is 11.6 Å². The van der Waals surface area contributed by atoms with E-state index in [1.807, 2.05) is 13.8 Å². The normalized spacial score (nSPS) is 10.3. The molecule has 2 aromatic rings. The smallest absolute Gasteiger partial charge is 0.256 e. The summed E-state index contributed by atoms with van der Waals surface area (Å²) in [7, 11) is 0. The fraction of sp³-hybridized carbons (Fsp3) is 0.312. The highest BCUT2D eigenvalue weighted by Gasteiger charge is 2.08. The van der Waals surface area contributed by atoms with Gasteiger partial charge in [-0.3, -0.25) is 0 Å². The lowest BCUT2D eigenvalue weighted by molar-refractivity contribution is 0.305. The zero-order valence-corrected chi connectivity index (χ0v) is 12.8. The summed E-state index contributed by atoms with van der Waals surface area (Å²) in [5.74, 6) is 6.79. The monoisotopic (exact) mass is 305 g/mol. The van der Waals surface area contributed by atoms with Crippen LogP contribution < -0.4 is 0 Å². The van der Waals surface area contributed by atoms with E-state index >= 15 is 0 Å². The molecule has 0 radical (unpaired) electrons. The number of oxazole rings is 1. The maximum atomic E-state index is 13.3. The Hall–Kier alpha value is -1.77. The van der Waals surface area contributed by atoms with Gasteiger partial charge in [-0.25, -0.2) is 9.37 Å². The molecule has 0 atom stereocenters. The molecule has 1 N–H and O–H groups in total. The first-order chi connectivity index (χ1) is 10.1. The molecular weight excluding hydrogens is 289 g/mol. The maximum Gasteiger partial charge on any atom is 0.256 e. The summed E-state index contributed by atoms with van der Waals surface area (Å²) in [5, 5.41) is 9.35.